The normalized spacial score (nSPS) is 17.5. The lowest BCUT2D eigenvalue weighted by Gasteiger charge is -2.41. The van der Waals surface area contributed by atoms with Crippen LogP contribution in [0, 0.1) is 17.0 Å². The minimum atomic E-state index is -0.305. The predicted molar refractivity (Wildman–Crippen MR) is 64.1 cm³/mol. The van der Waals surface area contributed by atoms with Crippen LogP contribution in [0.1, 0.15) is 11.1 Å². The smallest absolute Gasteiger partial charge is 0.275 e. The number of benzene rings is 1. The second kappa shape index (κ2) is 4.43. The van der Waals surface area contributed by atoms with Gasteiger partial charge >= 0.3 is 0 Å². The van der Waals surface area contributed by atoms with E-state index in [1.807, 2.05) is 12.1 Å². The number of para-hydroxylation sites is 1. The third-order valence-electron chi connectivity index (χ3n) is 3.34. The van der Waals surface area contributed by atoms with Crippen molar-refractivity contribution in [3.63, 3.8) is 0 Å². The molecule has 5 nitrogen and oxygen atoms in total. The molecule has 1 aromatic carbocycles. The lowest BCUT2D eigenvalue weighted by molar-refractivity contribution is -0.386. The van der Waals surface area contributed by atoms with Gasteiger partial charge in [-0.15, -0.1) is 0 Å². The molecule has 1 saturated heterocycles. The minimum Gasteiger partial charge on any atom is -0.375 e. The van der Waals surface area contributed by atoms with Gasteiger partial charge in [-0.1, -0.05) is 18.2 Å². The van der Waals surface area contributed by atoms with Crippen molar-refractivity contribution in [3.8, 4) is 0 Å². The third-order valence-corrected chi connectivity index (χ3v) is 3.34. The fourth-order valence-corrected chi connectivity index (χ4v) is 2.22. The maximum Gasteiger partial charge on any atom is 0.275 e. The van der Waals surface area contributed by atoms with Crippen LogP contribution in [0.25, 0.3) is 0 Å². The summed E-state index contributed by atoms with van der Waals surface area (Å²) in [5, 5.41) is 14.2. The number of nitro groups is 1. The number of methoxy groups -OCH3 is 1. The predicted octanol–water partition coefficient (Wildman–Crippen LogP) is 1.43. The zero-order valence-electron chi connectivity index (χ0n) is 10.0. The molecule has 0 unspecified atom stereocenters. The summed E-state index contributed by atoms with van der Waals surface area (Å²) in [6.07, 6.45) is 0.578. The van der Waals surface area contributed by atoms with Gasteiger partial charge in [-0.25, -0.2) is 0 Å². The first-order valence-corrected chi connectivity index (χ1v) is 5.57. The van der Waals surface area contributed by atoms with Crippen LogP contribution in [-0.4, -0.2) is 30.7 Å². The Morgan fingerprint density at radius 2 is 2.24 bits per heavy atom. The summed E-state index contributed by atoms with van der Waals surface area (Å²) in [5.74, 6) is 0. The third kappa shape index (κ3) is 2.16. The first kappa shape index (κ1) is 12.0. The highest BCUT2D eigenvalue weighted by Gasteiger charge is 2.38. The fourth-order valence-electron chi connectivity index (χ4n) is 2.22. The van der Waals surface area contributed by atoms with Gasteiger partial charge in [0.1, 0.15) is 0 Å². The van der Waals surface area contributed by atoms with Gasteiger partial charge in [-0.2, -0.15) is 0 Å². The highest BCUT2D eigenvalue weighted by atomic mass is 16.6. The van der Waals surface area contributed by atoms with Crippen molar-refractivity contribution >= 4 is 5.69 Å². The van der Waals surface area contributed by atoms with Crippen LogP contribution in [0.15, 0.2) is 18.2 Å². The van der Waals surface area contributed by atoms with Crippen molar-refractivity contribution in [2.45, 2.75) is 18.9 Å². The van der Waals surface area contributed by atoms with Gasteiger partial charge in [0.05, 0.1) is 10.5 Å². The molecule has 2 rings (SSSR count). The number of ether oxygens (including phenoxy) is 1. The number of hydrogen-bond donors (Lipinski definition) is 1. The minimum absolute atomic E-state index is 0.218. The molecule has 5 heteroatoms. The van der Waals surface area contributed by atoms with E-state index in [0.717, 1.165) is 18.7 Å². The standard InChI is InChI=1S/C12H16N2O3/c1-9-4-3-5-10(11(9)14(15)16)6-12(17-2)7-13-8-12/h3-5,13H,6-8H2,1-2H3. The van der Waals surface area contributed by atoms with Crippen LogP contribution in [0.3, 0.4) is 0 Å². The highest BCUT2D eigenvalue weighted by molar-refractivity contribution is 5.48. The van der Waals surface area contributed by atoms with Gasteiger partial charge in [-0.3, -0.25) is 10.1 Å². The molecule has 1 aliphatic heterocycles. The van der Waals surface area contributed by atoms with Gasteiger partial charge in [0.25, 0.3) is 5.69 Å². The summed E-state index contributed by atoms with van der Waals surface area (Å²) < 4.78 is 5.47. The Kier molecular flexibility index (Phi) is 3.13. The number of hydrogen-bond acceptors (Lipinski definition) is 4. The largest absolute Gasteiger partial charge is 0.375 e. The molecule has 0 atom stereocenters. The highest BCUT2D eigenvalue weighted by Crippen LogP contribution is 2.29. The van der Waals surface area contributed by atoms with Crippen LogP contribution >= 0.6 is 0 Å². The molecule has 17 heavy (non-hydrogen) atoms. The first-order valence-electron chi connectivity index (χ1n) is 5.57. The zero-order chi connectivity index (χ0) is 12.5. The quantitative estimate of drug-likeness (QED) is 0.634. The molecule has 1 aromatic rings. The molecule has 1 N–H and O–H groups in total. The molecule has 0 aliphatic carbocycles. The van der Waals surface area contributed by atoms with Gasteiger partial charge in [-0.05, 0) is 6.92 Å². The topological polar surface area (TPSA) is 64.4 Å². The summed E-state index contributed by atoms with van der Waals surface area (Å²) in [7, 11) is 1.66. The Morgan fingerprint density at radius 3 is 2.71 bits per heavy atom. The lowest BCUT2D eigenvalue weighted by Crippen LogP contribution is -2.61. The number of nitrogens with zero attached hydrogens (tertiary/aromatic N) is 1. The van der Waals surface area contributed by atoms with Crippen molar-refractivity contribution in [2.75, 3.05) is 20.2 Å². The van der Waals surface area contributed by atoms with E-state index in [1.54, 1.807) is 20.1 Å². The van der Waals surface area contributed by atoms with Crippen molar-refractivity contribution < 1.29 is 9.66 Å². The summed E-state index contributed by atoms with van der Waals surface area (Å²) in [6.45, 7) is 3.25. The molecule has 0 radical (unpaired) electrons. The van der Waals surface area contributed by atoms with Gasteiger partial charge in [0, 0.05) is 37.7 Å². The molecule has 92 valence electrons. The van der Waals surface area contributed by atoms with E-state index < -0.39 is 0 Å². The molecule has 0 bridgehead atoms. The second-order valence-electron chi connectivity index (χ2n) is 4.51. The average molecular weight is 236 g/mol. The number of rotatable bonds is 4. The van der Waals surface area contributed by atoms with Crippen LogP contribution in [0.4, 0.5) is 5.69 Å². The SMILES string of the molecule is COC1(Cc2cccc(C)c2[N+](=O)[O-])CNC1. The van der Waals surface area contributed by atoms with E-state index in [9.17, 15) is 10.1 Å². The van der Waals surface area contributed by atoms with Crippen LogP contribution < -0.4 is 5.32 Å². The number of nitro benzene ring substituents is 1. The molecule has 1 heterocycles. The number of aryl methyl sites for hydroxylation is 1. The Labute approximate surface area is 99.9 Å². The van der Waals surface area contributed by atoms with Crippen LogP contribution in [0.5, 0.6) is 0 Å². The van der Waals surface area contributed by atoms with Crippen molar-refractivity contribution in [2.24, 2.45) is 0 Å². The molecule has 1 fully saturated rings. The summed E-state index contributed by atoms with van der Waals surface area (Å²) in [4.78, 5) is 10.8. The molecule has 1 aliphatic rings. The number of nitrogens with one attached hydrogen (secondary N) is 1. The van der Waals surface area contributed by atoms with Crippen LogP contribution in [0.2, 0.25) is 0 Å². The molecule has 0 saturated carbocycles. The Hall–Kier alpha value is -1.46. The Morgan fingerprint density at radius 1 is 1.53 bits per heavy atom. The maximum atomic E-state index is 11.1. The molecular weight excluding hydrogens is 220 g/mol. The monoisotopic (exact) mass is 236 g/mol. The lowest BCUT2D eigenvalue weighted by atomic mass is 9.87. The Balaban J connectivity index is 2.32. The Bertz CT molecular complexity index is 436. The summed E-state index contributed by atoms with van der Waals surface area (Å²) in [5.41, 5.74) is 1.39. The van der Waals surface area contributed by atoms with Crippen molar-refractivity contribution in [1.29, 1.82) is 0 Å². The first-order chi connectivity index (χ1) is 8.08. The molecule has 0 spiro atoms. The maximum absolute atomic E-state index is 11.1. The van der Waals surface area contributed by atoms with Gasteiger partial charge in [0.15, 0.2) is 0 Å². The van der Waals surface area contributed by atoms with Gasteiger partial charge < -0.3 is 10.1 Å². The molecule has 0 amide bonds. The molecule has 0 aromatic heterocycles. The molecular formula is C12H16N2O3. The van der Waals surface area contributed by atoms with Gasteiger partial charge in [0.2, 0.25) is 0 Å². The second-order valence-corrected chi connectivity index (χ2v) is 4.51. The van der Waals surface area contributed by atoms with E-state index in [0.29, 0.717) is 12.0 Å². The van der Waals surface area contributed by atoms with Crippen molar-refractivity contribution in [3.05, 3.63) is 39.4 Å². The fraction of sp³-hybridized carbons (Fsp3) is 0.500. The van der Waals surface area contributed by atoms with E-state index in [1.165, 1.54) is 0 Å². The van der Waals surface area contributed by atoms with Crippen molar-refractivity contribution in [1.82, 2.24) is 5.32 Å². The van der Waals surface area contributed by atoms with E-state index in [-0.39, 0.29) is 16.2 Å². The van der Waals surface area contributed by atoms with E-state index >= 15 is 0 Å². The van der Waals surface area contributed by atoms with E-state index in [4.69, 9.17) is 4.74 Å². The zero-order valence-corrected chi connectivity index (χ0v) is 10.0. The summed E-state index contributed by atoms with van der Waals surface area (Å²) in [6, 6.07) is 5.43. The van der Waals surface area contributed by atoms with Crippen LogP contribution in [-0.2, 0) is 11.2 Å². The van der Waals surface area contributed by atoms with E-state index in [2.05, 4.69) is 5.32 Å². The average Bonchev–Trinajstić information content (AvgIpc) is 2.23. The summed E-state index contributed by atoms with van der Waals surface area (Å²) >= 11 is 0.